The molecule has 0 bridgehead atoms. The molecule has 3 aliphatic rings. The maximum atomic E-state index is 13.1. The van der Waals surface area contributed by atoms with Crippen LogP contribution in [0, 0.1) is 6.92 Å². The number of carbonyl (C=O) groups is 1. The molecule has 0 aromatic heterocycles. The third-order valence-corrected chi connectivity index (χ3v) is 7.80. The zero-order valence-corrected chi connectivity index (χ0v) is 20.1. The number of rotatable bonds is 4. The van der Waals surface area contributed by atoms with Crippen molar-refractivity contribution in [1.82, 2.24) is 15.1 Å². The molecule has 1 N–H and O–H groups in total. The van der Waals surface area contributed by atoms with Crippen LogP contribution < -0.4 is 5.32 Å². The van der Waals surface area contributed by atoms with E-state index in [1.54, 1.807) is 0 Å². The molecule has 0 radical (unpaired) electrons. The van der Waals surface area contributed by atoms with E-state index < -0.39 is 0 Å². The van der Waals surface area contributed by atoms with Crippen molar-refractivity contribution in [2.45, 2.75) is 57.7 Å². The van der Waals surface area contributed by atoms with E-state index in [1.807, 2.05) is 17.0 Å². The topological polar surface area (TPSA) is 35.6 Å². The van der Waals surface area contributed by atoms with Crippen molar-refractivity contribution in [3.8, 4) is 0 Å². The Kier molecular flexibility index (Phi) is 6.07. The van der Waals surface area contributed by atoms with Gasteiger partial charge in [0.25, 0.3) is 5.91 Å². The van der Waals surface area contributed by atoms with Gasteiger partial charge in [0.15, 0.2) is 0 Å². The van der Waals surface area contributed by atoms with Crippen molar-refractivity contribution in [1.29, 1.82) is 0 Å². The van der Waals surface area contributed by atoms with Gasteiger partial charge >= 0.3 is 0 Å². The van der Waals surface area contributed by atoms with Crippen LogP contribution in [0.3, 0.4) is 0 Å². The molecule has 3 heterocycles. The van der Waals surface area contributed by atoms with E-state index in [4.69, 9.17) is 11.6 Å². The van der Waals surface area contributed by atoms with Gasteiger partial charge in [0, 0.05) is 35.1 Å². The first-order valence-electron chi connectivity index (χ1n) is 11.9. The van der Waals surface area contributed by atoms with Crippen LogP contribution in [0.5, 0.6) is 0 Å². The summed E-state index contributed by atoms with van der Waals surface area (Å²) in [5.41, 5.74) is 7.87. The molecule has 0 saturated carbocycles. The van der Waals surface area contributed by atoms with Crippen molar-refractivity contribution < 1.29 is 4.79 Å². The van der Waals surface area contributed by atoms with Crippen LogP contribution >= 0.6 is 11.6 Å². The standard InChI is InChI=1S/C28H32ClN3O/c1-18-4-7-25(29)15-23(18)16-31-12-10-21(11-13-31)22-6-8-26-24(14-22)17-32(28(26)33)27-9-5-19(2)30-20(27)3/h4,6-8,14-15,21,27,30H,2-3,5,9-13,16-17H2,1H3. The molecule has 2 saturated heterocycles. The summed E-state index contributed by atoms with van der Waals surface area (Å²) in [7, 11) is 0. The molecular weight excluding hydrogens is 430 g/mol. The average Bonchev–Trinajstić information content (AvgIpc) is 3.12. The lowest BCUT2D eigenvalue weighted by Crippen LogP contribution is -2.43. The Balaban J connectivity index is 1.23. The molecule has 1 atom stereocenters. The fraction of sp³-hybridized carbons (Fsp3) is 0.393. The first-order chi connectivity index (χ1) is 15.9. The molecule has 0 spiro atoms. The summed E-state index contributed by atoms with van der Waals surface area (Å²) >= 11 is 6.21. The van der Waals surface area contributed by atoms with E-state index >= 15 is 0 Å². The number of hydrogen-bond donors (Lipinski definition) is 1. The van der Waals surface area contributed by atoms with Crippen molar-refractivity contribution in [2.24, 2.45) is 0 Å². The molecule has 172 valence electrons. The largest absolute Gasteiger partial charge is 0.362 e. The summed E-state index contributed by atoms with van der Waals surface area (Å²) in [5, 5.41) is 4.06. The number of likely N-dealkylation sites (tertiary alicyclic amines) is 1. The molecule has 1 unspecified atom stereocenters. The predicted molar refractivity (Wildman–Crippen MR) is 134 cm³/mol. The summed E-state index contributed by atoms with van der Waals surface area (Å²) in [4.78, 5) is 17.6. The van der Waals surface area contributed by atoms with Crippen LogP contribution in [0.1, 0.15) is 64.2 Å². The molecule has 2 aromatic rings. The quantitative estimate of drug-likeness (QED) is 0.628. The van der Waals surface area contributed by atoms with Gasteiger partial charge in [-0.2, -0.15) is 0 Å². The van der Waals surface area contributed by atoms with Crippen molar-refractivity contribution in [3.63, 3.8) is 0 Å². The SMILES string of the molecule is C=C1CCC(N2Cc3cc(C4CCN(Cc5cc(Cl)ccc5C)CC4)ccc3C2=O)C(=C)N1. The third kappa shape index (κ3) is 4.47. The number of nitrogens with one attached hydrogen (secondary N) is 1. The highest BCUT2D eigenvalue weighted by Crippen LogP contribution is 2.35. The van der Waals surface area contributed by atoms with Crippen LogP contribution in [-0.2, 0) is 13.1 Å². The number of nitrogens with zero attached hydrogens (tertiary/aromatic N) is 2. The molecule has 1 amide bonds. The molecule has 0 aliphatic carbocycles. The molecule has 5 heteroatoms. The fourth-order valence-electron chi connectivity index (χ4n) is 5.55. The number of carbonyl (C=O) groups excluding carboxylic acids is 1. The minimum atomic E-state index is 0.0389. The van der Waals surface area contributed by atoms with E-state index in [0.717, 1.165) is 72.9 Å². The van der Waals surface area contributed by atoms with E-state index in [0.29, 0.717) is 12.5 Å². The number of amides is 1. The zero-order valence-electron chi connectivity index (χ0n) is 19.4. The van der Waals surface area contributed by atoms with Gasteiger partial charge in [-0.05, 0) is 92.1 Å². The van der Waals surface area contributed by atoms with Crippen LogP contribution in [0.4, 0.5) is 0 Å². The van der Waals surface area contributed by atoms with Crippen molar-refractivity contribution in [2.75, 3.05) is 13.1 Å². The van der Waals surface area contributed by atoms with Crippen LogP contribution in [-0.4, -0.2) is 34.8 Å². The summed E-state index contributed by atoms with van der Waals surface area (Å²) < 4.78 is 0. The number of piperidine rings is 2. The number of halogens is 1. The second-order valence-corrected chi connectivity index (χ2v) is 10.2. The van der Waals surface area contributed by atoms with Crippen LogP contribution in [0.15, 0.2) is 61.0 Å². The van der Waals surface area contributed by atoms with E-state index in [-0.39, 0.29) is 11.9 Å². The lowest BCUT2D eigenvalue weighted by molar-refractivity contribution is 0.0711. The van der Waals surface area contributed by atoms with Gasteiger partial charge in [0.2, 0.25) is 0 Å². The van der Waals surface area contributed by atoms with Gasteiger partial charge < -0.3 is 10.2 Å². The highest BCUT2D eigenvalue weighted by molar-refractivity contribution is 6.30. The van der Waals surface area contributed by atoms with Gasteiger partial charge in [0.05, 0.1) is 6.04 Å². The fourth-order valence-corrected chi connectivity index (χ4v) is 5.74. The second kappa shape index (κ2) is 9.00. The van der Waals surface area contributed by atoms with Crippen molar-refractivity contribution >= 4 is 17.5 Å². The number of aryl methyl sites for hydroxylation is 1. The van der Waals surface area contributed by atoms with E-state index in [2.05, 4.69) is 54.6 Å². The normalized spacial score (nSPS) is 21.9. The van der Waals surface area contributed by atoms with Gasteiger partial charge in [0.1, 0.15) is 0 Å². The highest BCUT2D eigenvalue weighted by atomic mass is 35.5. The highest BCUT2D eigenvalue weighted by Gasteiger charge is 2.36. The molecule has 2 fully saturated rings. The number of benzene rings is 2. The second-order valence-electron chi connectivity index (χ2n) is 9.78. The summed E-state index contributed by atoms with van der Waals surface area (Å²) in [6, 6.07) is 12.7. The Morgan fingerprint density at radius 1 is 1.09 bits per heavy atom. The molecule has 3 aliphatic heterocycles. The Labute approximate surface area is 201 Å². The summed E-state index contributed by atoms with van der Waals surface area (Å²) in [6.07, 6.45) is 4.05. The molecule has 2 aromatic carbocycles. The third-order valence-electron chi connectivity index (χ3n) is 7.56. The molecule has 5 rings (SSSR count). The minimum absolute atomic E-state index is 0.0389. The van der Waals surface area contributed by atoms with Gasteiger partial charge in [-0.1, -0.05) is 43.0 Å². The number of fused-ring (bicyclic) bond motifs is 1. The van der Waals surface area contributed by atoms with Crippen LogP contribution in [0.2, 0.25) is 5.02 Å². The zero-order chi connectivity index (χ0) is 23.1. The molecule has 4 nitrogen and oxygen atoms in total. The monoisotopic (exact) mass is 461 g/mol. The van der Waals surface area contributed by atoms with E-state index in [1.165, 1.54) is 16.7 Å². The first-order valence-corrected chi connectivity index (χ1v) is 12.3. The smallest absolute Gasteiger partial charge is 0.255 e. The molecule has 33 heavy (non-hydrogen) atoms. The van der Waals surface area contributed by atoms with E-state index in [9.17, 15) is 4.79 Å². The number of allylic oxidation sites excluding steroid dienone is 1. The lowest BCUT2D eigenvalue weighted by atomic mass is 9.87. The van der Waals surface area contributed by atoms with Crippen molar-refractivity contribution in [3.05, 3.63) is 93.8 Å². The maximum Gasteiger partial charge on any atom is 0.255 e. The molecular formula is C28H32ClN3O. The average molecular weight is 462 g/mol. The van der Waals surface area contributed by atoms with Gasteiger partial charge in [-0.25, -0.2) is 0 Å². The lowest BCUT2D eigenvalue weighted by Gasteiger charge is -2.34. The first kappa shape index (κ1) is 22.2. The van der Waals surface area contributed by atoms with Gasteiger partial charge in [-0.3, -0.25) is 9.69 Å². The Bertz CT molecular complexity index is 1120. The summed E-state index contributed by atoms with van der Waals surface area (Å²) in [6.45, 7) is 14.1. The Morgan fingerprint density at radius 2 is 1.88 bits per heavy atom. The predicted octanol–water partition coefficient (Wildman–Crippen LogP) is 5.76. The minimum Gasteiger partial charge on any atom is -0.362 e. The summed E-state index contributed by atoms with van der Waals surface area (Å²) in [5.74, 6) is 0.675. The Hall–Kier alpha value is -2.56. The van der Waals surface area contributed by atoms with Crippen LogP contribution in [0.25, 0.3) is 0 Å². The van der Waals surface area contributed by atoms with Gasteiger partial charge in [-0.15, -0.1) is 0 Å². The maximum absolute atomic E-state index is 13.1. The number of hydrogen-bond acceptors (Lipinski definition) is 3. The Morgan fingerprint density at radius 3 is 2.64 bits per heavy atom.